The summed E-state index contributed by atoms with van der Waals surface area (Å²) in [7, 11) is -3.71. The van der Waals surface area contributed by atoms with Crippen molar-refractivity contribution in [1.82, 2.24) is 3.97 Å². The van der Waals surface area contributed by atoms with E-state index in [4.69, 9.17) is 33.7 Å². The third kappa shape index (κ3) is 3.67. The van der Waals surface area contributed by atoms with E-state index < -0.39 is 10.0 Å². The van der Waals surface area contributed by atoms with Gasteiger partial charge in [-0.2, -0.15) is 0 Å². The van der Waals surface area contributed by atoms with Crippen molar-refractivity contribution in [1.29, 1.82) is 0 Å². The Morgan fingerprint density at radius 1 is 0.931 bits per heavy atom. The topological polar surface area (TPSA) is 74.3 Å². The van der Waals surface area contributed by atoms with Gasteiger partial charge in [0.25, 0.3) is 10.0 Å². The number of fused-ring (bicyclic) bond motifs is 1. The maximum Gasteiger partial charge on any atom is 0.268 e. The molecule has 0 atom stereocenters. The second-order valence-corrected chi connectivity index (χ2v) is 9.20. The Morgan fingerprint density at radius 2 is 1.59 bits per heavy atom. The van der Waals surface area contributed by atoms with Crippen LogP contribution in [-0.4, -0.2) is 12.4 Å². The van der Waals surface area contributed by atoms with Crippen LogP contribution in [0.5, 0.6) is 11.5 Å². The van der Waals surface area contributed by atoms with E-state index in [0.29, 0.717) is 22.3 Å². The van der Waals surface area contributed by atoms with Gasteiger partial charge in [0.2, 0.25) is 0 Å². The minimum absolute atomic E-state index is 0.223. The molecule has 0 aliphatic rings. The van der Waals surface area contributed by atoms with E-state index in [0.717, 1.165) is 5.56 Å². The molecule has 0 saturated carbocycles. The molecule has 0 amide bonds. The van der Waals surface area contributed by atoms with Crippen LogP contribution >= 0.6 is 23.2 Å². The van der Waals surface area contributed by atoms with Gasteiger partial charge in [0.15, 0.2) is 5.75 Å². The Labute approximate surface area is 178 Å². The predicted molar refractivity (Wildman–Crippen MR) is 117 cm³/mol. The molecule has 4 aromatic rings. The van der Waals surface area contributed by atoms with Gasteiger partial charge in [-0.15, -0.1) is 0 Å². The summed E-state index contributed by atoms with van der Waals surface area (Å²) in [5.74, 6) is 0.755. The summed E-state index contributed by atoms with van der Waals surface area (Å²) in [5.41, 5.74) is 7.67. The van der Waals surface area contributed by atoms with Crippen molar-refractivity contribution in [3.05, 3.63) is 82.5 Å². The monoisotopic (exact) mass is 446 g/mol. The van der Waals surface area contributed by atoms with Crippen LogP contribution in [-0.2, 0) is 10.0 Å². The van der Waals surface area contributed by atoms with Gasteiger partial charge in [-0.25, -0.2) is 12.4 Å². The molecule has 0 bridgehead atoms. The zero-order chi connectivity index (χ0) is 20.8. The van der Waals surface area contributed by atoms with E-state index in [1.807, 2.05) is 6.92 Å². The van der Waals surface area contributed by atoms with Crippen LogP contribution in [0.3, 0.4) is 0 Å². The Bertz CT molecular complexity index is 1310. The first-order valence-electron chi connectivity index (χ1n) is 8.61. The molecule has 0 saturated heterocycles. The molecule has 8 heteroatoms. The number of nitrogens with zero attached hydrogens (tertiary/aromatic N) is 1. The molecule has 4 rings (SSSR count). The molecule has 1 aromatic heterocycles. The van der Waals surface area contributed by atoms with Crippen molar-refractivity contribution in [2.75, 3.05) is 5.73 Å². The van der Waals surface area contributed by atoms with Gasteiger partial charge in [-0.1, -0.05) is 40.9 Å². The van der Waals surface area contributed by atoms with Crippen molar-refractivity contribution in [3.63, 3.8) is 0 Å². The second kappa shape index (κ2) is 7.30. The molecule has 5 nitrogen and oxygen atoms in total. The lowest BCUT2D eigenvalue weighted by molar-refractivity contribution is 0.484. The zero-order valence-corrected chi connectivity index (χ0v) is 17.6. The molecule has 0 aliphatic heterocycles. The predicted octanol–water partition coefficient (Wildman–Crippen LogP) is 5.87. The summed E-state index contributed by atoms with van der Waals surface area (Å²) < 4.78 is 33.1. The van der Waals surface area contributed by atoms with Crippen molar-refractivity contribution in [3.8, 4) is 11.5 Å². The standard InChI is InChI=1S/C21H16Cl2N2O3S/c1-13-2-5-17(6-3-13)29(26,27)25-9-8-14-10-16(4-7-20(14)25)28-21-18(22)11-15(24)12-19(21)23/h2-12H,24H2,1H3. The number of aromatic nitrogens is 1. The highest BCUT2D eigenvalue weighted by Gasteiger charge is 2.19. The third-order valence-electron chi connectivity index (χ3n) is 4.44. The number of hydrogen-bond acceptors (Lipinski definition) is 4. The van der Waals surface area contributed by atoms with Crippen LogP contribution in [0.25, 0.3) is 10.9 Å². The van der Waals surface area contributed by atoms with Crippen molar-refractivity contribution in [2.24, 2.45) is 0 Å². The lowest BCUT2D eigenvalue weighted by atomic mass is 10.2. The van der Waals surface area contributed by atoms with Crippen molar-refractivity contribution >= 4 is 49.8 Å². The number of nitrogen functional groups attached to an aromatic ring is 1. The highest BCUT2D eigenvalue weighted by atomic mass is 35.5. The summed E-state index contributed by atoms with van der Waals surface area (Å²) >= 11 is 12.3. The number of aryl methyl sites for hydroxylation is 1. The number of ether oxygens (including phenoxy) is 1. The molecular weight excluding hydrogens is 431 g/mol. The highest BCUT2D eigenvalue weighted by Crippen LogP contribution is 2.39. The van der Waals surface area contributed by atoms with Gasteiger partial charge in [0.05, 0.1) is 20.5 Å². The fourth-order valence-corrected chi connectivity index (χ4v) is 4.92. The summed E-state index contributed by atoms with van der Waals surface area (Å²) in [6.07, 6.45) is 1.52. The van der Waals surface area contributed by atoms with E-state index in [-0.39, 0.29) is 20.7 Å². The number of rotatable bonds is 4. The summed E-state index contributed by atoms with van der Waals surface area (Å²) in [6, 6.07) is 16.6. The maximum absolute atomic E-state index is 13.0. The number of halogens is 2. The van der Waals surface area contributed by atoms with Crippen LogP contribution in [0.4, 0.5) is 5.69 Å². The Balaban J connectivity index is 1.72. The van der Waals surface area contributed by atoms with Gasteiger partial charge in [0, 0.05) is 17.3 Å². The van der Waals surface area contributed by atoms with Crippen LogP contribution in [0.2, 0.25) is 10.0 Å². The van der Waals surface area contributed by atoms with Crippen molar-refractivity contribution in [2.45, 2.75) is 11.8 Å². The highest BCUT2D eigenvalue weighted by molar-refractivity contribution is 7.90. The lowest BCUT2D eigenvalue weighted by Gasteiger charge is -2.11. The van der Waals surface area contributed by atoms with Crippen LogP contribution in [0.15, 0.2) is 71.8 Å². The summed E-state index contributed by atoms with van der Waals surface area (Å²) in [6.45, 7) is 1.91. The molecule has 0 unspecified atom stereocenters. The minimum atomic E-state index is -3.71. The maximum atomic E-state index is 13.0. The smallest absolute Gasteiger partial charge is 0.268 e. The third-order valence-corrected chi connectivity index (χ3v) is 6.71. The van der Waals surface area contributed by atoms with Gasteiger partial charge in [-0.3, -0.25) is 0 Å². The Hall–Kier alpha value is -2.67. The fraction of sp³-hybridized carbons (Fsp3) is 0.0476. The Morgan fingerprint density at radius 3 is 2.24 bits per heavy atom. The van der Waals surface area contributed by atoms with Crippen LogP contribution < -0.4 is 10.5 Å². The molecule has 2 N–H and O–H groups in total. The molecule has 3 aromatic carbocycles. The van der Waals surface area contributed by atoms with Gasteiger partial charge in [0.1, 0.15) is 5.75 Å². The average molecular weight is 447 g/mol. The van der Waals surface area contributed by atoms with E-state index in [2.05, 4.69) is 0 Å². The lowest BCUT2D eigenvalue weighted by Crippen LogP contribution is -2.11. The average Bonchev–Trinajstić information content (AvgIpc) is 3.09. The first-order chi connectivity index (χ1) is 13.8. The summed E-state index contributed by atoms with van der Waals surface area (Å²) in [4.78, 5) is 0.223. The fourth-order valence-electron chi connectivity index (χ4n) is 2.99. The molecule has 0 radical (unpaired) electrons. The van der Waals surface area contributed by atoms with E-state index in [1.54, 1.807) is 60.7 Å². The molecule has 0 fully saturated rings. The van der Waals surface area contributed by atoms with Gasteiger partial charge in [-0.05, 0) is 55.5 Å². The van der Waals surface area contributed by atoms with E-state index in [1.165, 1.54) is 10.2 Å². The largest absolute Gasteiger partial charge is 0.454 e. The Kier molecular flexibility index (Phi) is 4.94. The van der Waals surface area contributed by atoms with Crippen LogP contribution in [0.1, 0.15) is 5.56 Å². The second-order valence-electron chi connectivity index (χ2n) is 6.57. The summed E-state index contributed by atoms with van der Waals surface area (Å²) in [5, 5.41) is 1.27. The molecule has 1 heterocycles. The van der Waals surface area contributed by atoms with Crippen LogP contribution in [0, 0.1) is 6.92 Å². The van der Waals surface area contributed by atoms with Gasteiger partial charge < -0.3 is 10.5 Å². The zero-order valence-electron chi connectivity index (χ0n) is 15.3. The number of benzene rings is 3. The molecule has 0 spiro atoms. The molecule has 148 valence electrons. The number of anilines is 1. The normalized spacial score (nSPS) is 11.7. The SMILES string of the molecule is Cc1ccc(S(=O)(=O)n2ccc3cc(Oc4c(Cl)cc(N)cc4Cl)ccc32)cc1. The van der Waals surface area contributed by atoms with E-state index in [9.17, 15) is 8.42 Å². The van der Waals surface area contributed by atoms with Crippen molar-refractivity contribution < 1.29 is 13.2 Å². The first-order valence-corrected chi connectivity index (χ1v) is 10.8. The first kappa shape index (κ1) is 19.6. The van der Waals surface area contributed by atoms with Gasteiger partial charge >= 0.3 is 0 Å². The number of nitrogens with two attached hydrogens (primary N) is 1. The van der Waals surface area contributed by atoms with E-state index >= 15 is 0 Å². The number of hydrogen-bond donors (Lipinski definition) is 1. The minimum Gasteiger partial charge on any atom is -0.454 e. The molecule has 29 heavy (non-hydrogen) atoms. The molecule has 0 aliphatic carbocycles. The molecular formula is C21H16Cl2N2O3S. The quantitative estimate of drug-likeness (QED) is 0.397.